The second-order valence-corrected chi connectivity index (χ2v) is 4.83. The van der Waals surface area contributed by atoms with Crippen molar-refractivity contribution in [2.24, 2.45) is 5.84 Å². The summed E-state index contributed by atoms with van der Waals surface area (Å²) in [7, 11) is 1.69. The van der Waals surface area contributed by atoms with Crippen LogP contribution >= 0.6 is 0 Å². The lowest BCUT2D eigenvalue weighted by atomic mass is 9.95. The molecule has 4 N–H and O–H groups in total. The van der Waals surface area contributed by atoms with Gasteiger partial charge in [-0.15, -0.1) is 0 Å². The number of nitrogens with two attached hydrogens (primary N) is 1. The molecule has 0 aliphatic carbocycles. The molecule has 1 rings (SSSR count). The van der Waals surface area contributed by atoms with Crippen LogP contribution in [0.5, 0.6) is 5.75 Å². The zero-order valence-electron chi connectivity index (χ0n) is 12.0. The third-order valence-electron chi connectivity index (χ3n) is 3.12. The maximum atomic E-state index is 11.0. The molecule has 0 bridgehead atoms. The minimum atomic E-state index is -0.366. The van der Waals surface area contributed by atoms with E-state index in [1.54, 1.807) is 7.11 Å². The van der Waals surface area contributed by atoms with Gasteiger partial charge in [-0.1, -0.05) is 19.9 Å². The van der Waals surface area contributed by atoms with Crippen LogP contribution in [0.4, 0.5) is 4.79 Å². The fraction of sp³-hybridized carbons (Fsp3) is 0.500. The van der Waals surface area contributed by atoms with Crippen LogP contribution in [0.25, 0.3) is 0 Å². The summed E-state index contributed by atoms with van der Waals surface area (Å²) < 4.78 is 5.41. The number of amides is 2. The highest BCUT2D eigenvalue weighted by molar-refractivity contribution is 5.73. The topological polar surface area (TPSA) is 76.4 Å². The van der Waals surface area contributed by atoms with Crippen LogP contribution in [0.1, 0.15) is 36.5 Å². The Morgan fingerprint density at radius 2 is 2.11 bits per heavy atom. The highest BCUT2D eigenvalue weighted by atomic mass is 16.5. The summed E-state index contributed by atoms with van der Waals surface area (Å²) in [4.78, 5) is 11.0. The van der Waals surface area contributed by atoms with Gasteiger partial charge in [-0.2, -0.15) is 0 Å². The molecule has 0 spiro atoms. The van der Waals surface area contributed by atoms with Gasteiger partial charge in [-0.25, -0.2) is 10.6 Å². The van der Waals surface area contributed by atoms with Crippen molar-refractivity contribution in [2.75, 3.05) is 13.7 Å². The van der Waals surface area contributed by atoms with Crippen LogP contribution in [-0.2, 0) is 6.42 Å². The summed E-state index contributed by atoms with van der Waals surface area (Å²) in [5, 5.41) is 2.68. The van der Waals surface area contributed by atoms with Gasteiger partial charge in [-0.05, 0) is 42.0 Å². The van der Waals surface area contributed by atoms with Gasteiger partial charge in [0.25, 0.3) is 0 Å². The third kappa shape index (κ3) is 4.13. The van der Waals surface area contributed by atoms with E-state index in [1.165, 1.54) is 11.1 Å². The van der Waals surface area contributed by atoms with Crippen LogP contribution in [0.15, 0.2) is 12.1 Å². The van der Waals surface area contributed by atoms with Crippen molar-refractivity contribution in [3.8, 4) is 5.75 Å². The number of hydrogen-bond acceptors (Lipinski definition) is 3. The van der Waals surface area contributed by atoms with Crippen molar-refractivity contribution in [2.45, 2.75) is 33.1 Å². The highest BCUT2D eigenvalue weighted by Crippen LogP contribution is 2.29. The molecule has 5 nitrogen and oxygen atoms in total. The molecule has 0 unspecified atom stereocenters. The van der Waals surface area contributed by atoms with Gasteiger partial charge in [-0.3, -0.25) is 5.43 Å². The molecule has 1 aromatic carbocycles. The quantitative estimate of drug-likeness (QED) is 0.432. The Bertz CT molecular complexity index is 445. The zero-order valence-corrected chi connectivity index (χ0v) is 12.0. The van der Waals surface area contributed by atoms with Crippen LogP contribution in [0, 0.1) is 6.92 Å². The number of hydrogen-bond donors (Lipinski definition) is 3. The van der Waals surface area contributed by atoms with Crippen molar-refractivity contribution < 1.29 is 9.53 Å². The lowest BCUT2D eigenvalue weighted by Crippen LogP contribution is -2.40. The van der Waals surface area contributed by atoms with E-state index in [4.69, 9.17) is 10.6 Å². The first-order valence-corrected chi connectivity index (χ1v) is 6.41. The normalized spacial score (nSPS) is 10.4. The van der Waals surface area contributed by atoms with E-state index in [0.29, 0.717) is 12.5 Å². The average molecular weight is 265 g/mol. The number of nitrogens with one attached hydrogen (secondary N) is 2. The van der Waals surface area contributed by atoms with Crippen molar-refractivity contribution in [1.29, 1.82) is 0 Å². The molecule has 0 saturated carbocycles. The van der Waals surface area contributed by atoms with E-state index in [2.05, 4.69) is 25.2 Å². The molecule has 0 saturated heterocycles. The Morgan fingerprint density at radius 1 is 1.42 bits per heavy atom. The Labute approximate surface area is 114 Å². The van der Waals surface area contributed by atoms with Crippen molar-refractivity contribution in [3.63, 3.8) is 0 Å². The molecule has 106 valence electrons. The first kappa shape index (κ1) is 15.3. The zero-order chi connectivity index (χ0) is 14.4. The van der Waals surface area contributed by atoms with E-state index in [9.17, 15) is 4.79 Å². The molecule has 0 radical (unpaired) electrons. The number of carbonyl (C=O) groups excluding carboxylic acids is 1. The minimum Gasteiger partial charge on any atom is -0.496 e. The summed E-state index contributed by atoms with van der Waals surface area (Å²) in [5.41, 5.74) is 5.60. The number of urea groups is 1. The molecule has 0 aliphatic rings. The molecular formula is C14H23N3O2. The fourth-order valence-electron chi connectivity index (χ4n) is 2.00. The maximum Gasteiger partial charge on any atom is 0.328 e. The number of hydrazine groups is 1. The third-order valence-corrected chi connectivity index (χ3v) is 3.12. The van der Waals surface area contributed by atoms with Crippen LogP contribution in [0.2, 0.25) is 0 Å². The summed E-state index contributed by atoms with van der Waals surface area (Å²) in [6, 6.07) is 3.84. The number of aryl methyl sites for hydroxylation is 1. The van der Waals surface area contributed by atoms with E-state index in [-0.39, 0.29) is 6.03 Å². The predicted molar refractivity (Wildman–Crippen MR) is 76.2 cm³/mol. The van der Waals surface area contributed by atoms with E-state index in [1.807, 2.05) is 18.4 Å². The monoisotopic (exact) mass is 265 g/mol. The SMILES string of the molecule is COc1cc(C)c(CCNC(=O)NN)cc1C(C)C. The molecule has 0 heterocycles. The van der Waals surface area contributed by atoms with Gasteiger partial charge in [0.2, 0.25) is 0 Å². The lowest BCUT2D eigenvalue weighted by molar-refractivity contribution is 0.241. The summed E-state index contributed by atoms with van der Waals surface area (Å²) >= 11 is 0. The summed E-state index contributed by atoms with van der Waals surface area (Å²) in [6.07, 6.45) is 0.767. The summed E-state index contributed by atoms with van der Waals surface area (Å²) in [5.74, 6) is 6.32. The van der Waals surface area contributed by atoms with Crippen molar-refractivity contribution in [3.05, 3.63) is 28.8 Å². The van der Waals surface area contributed by atoms with Crippen LogP contribution in [0.3, 0.4) is 0 Å². The second kappa shape index (κ2) is 6.99. The standard InChI is InChI=1S/C14H23N3O2/c1-9(2)12-8-11(5-6-16-14(18)17-15)10(3)7-13(12)19-4/h7-9H,5-6,15H2,1-4H3,(H2,16,17,18). The molecule has 5 heteroatoms. The molecule has 0 aromatic heterocycles. The number of methoxy groups -OCH3 is 1. The molecule has 1 aromatic rings. The molecule has 19 heavy (non-hydrogen) atoms. The Hall–Kier alpha value is -1.75. The number of rotatable bonds is 5. The smallest absolute Gasteiger partial charge is 0.328 e. The summed E-state index contributed by atoms with van der Waals surface area (Å²) in [6.45, 7) is 6.87. The van der Waals surface area contributed by atoms with E-state index >= 15 is 0 Å². The van der Waals surface area contributed by atoms with E-state index in [0.717, 1.165) is 17.7 Å². The fourth-order valence-corrected chi connectivity index (χ4v) is 2.00. The Kier molecular flexibility index (Phi) is 5.63. The lowest BCUT2D eigenvalue weighted by Gasteiger charge is -2.16. The first-order valence-electron chi connectivity index (χ1n) is 6.41. The van der Waals surface area contributed by atoms with Gasteiger partial charge in [0.15, 0.2) is 0 Å². The number of ether oxygens (including phenoxy) is 1. The van der Waals surface area contributed by atoms with Crippen molar-refractivity contribution >= 4 is 6.03 Å². The van der Waals surface area contributed by atoms with E-state index < -0.39 is 0 Å². The van der Waals surface area contributed by atoms with Gasteiger partial charge >= 0.3 is 6.03 Å². The Balaban J connectivity index is 2.83. The average Bonchev–Trinajstić information content (AvgIpc) is 2.39. The maximum absolute atomic E-state index is 11.0. The molecule has 0 fully saturated rings. The van der Waals surface area contributed by atoms with Crippen LogP contribution < -0.4 is 21.3 Å². The molecule has 2 amide bonds. The predicted octanol–water partition coefficient (Wildman–Crippen LogP) is 1.84. The number of carbonyl (C=O) groups is 1. The second-order valence-electron chi connectivity index (χ2n) is 4.83. The van der Waals surface area contributed by atoms with Gasteiger partial charge in [0.05, 0.1) is 7.11 Å². The van der Waals surface area contributed by atoms with Gasteiger partial charge in [0, 0.05) is 6.54 Å². The minimum absolute atomic E-state index is 0.366. The van der Waals surface area contributed by atoms with Gasteiger partial charge < -0.3 is 10.1 Å². The first-order chi connectivity index (χ1) is 8.99. The van der Waals surface area contributed by atoms with Crippen molar-refractivity contribution in [1.82, 2.24) is 10.7 Å². The Morgan fingerprint density at radius 3 is 2.63 bits per heavy atom. The molecule has 0 atom stereocenters. The number of benzene rings is 1. The molecule has 0 aliphatic heterocycles. The van der Waals surface area contributed by atoms with Gasteiger partial charge in [0.1, 0.15) is 5.75 Å². The largest absolute Gasteiger partial charge is 0.496 e. The highest BCUT2D eigenvalue weighted by Gasteiger charge is 2.11. The molecular weight excluding hydrogens is 242 g/mol. The van der Waals surface area contributed by atoms with Crippen LogP contribution in [-0.4, -0.2) is 19.7 Å².